The Morgan fingerprint density at radius 3 is 2.52 bits per heavy atom. The van der Waals surface area contributed by atoms with Crippen molar-refractivity contribution in [1.29, 1.82) is 0 Å². The number of para-hydroxylation sites is 2. The quantitative estimate of drug-likeness (QED) is 0.463. The van der Waals surface area contributed by atoms with Crippen LogP contribution in [-0.2, 0) is 24.3 Å². The molecule has 1 amide bonds. The van der Waals surface area contributed by atoms with E-state index in [1.165, 1.54) is 37.3 Å². The highest BCUT2D eigenvalue weighted by molar-refractivity contribution is 7.89. The Balaban J connectivity index is 1.56. The largest absolute Gasteiger partial charge is 0.449 e. The standard InChI is InChI=1S/C19H17N3O6S/c1-12(19(24)21-13-6-8-14(9-7-13)29(20,25)26)27-18(23)11-10-17-22-15-4-2-3-5-16(15)28-17/h2-12H,1H3,(H,21,24)(H2,20,25,26)/b11-10+/t12-/m0/s1. The van der Waals surface area contributed by atoms with Crippen LogP contribution in [0.15, 0.2) is 63.9 Å². The van der Waals surface area contributed by atoms with Gasteiger partial charge in [0, 0.05) is 17.8 Å². The second-order valence-electron chi connectivity index (χ2n) is 5.99. The summed E-state index contributed by atoms with van der Waals surface area (Å²) in [6, 6.07) is 12.4. The molecule has 0 aliphatic carbocycles. The van der Waals surface area contributed by atoms with Crippen LogP contribution in [0.3, 0.4) is 0 Å². The van der Waals surface area contributed by atoms with Gasteiger partial charge in [-0.15, -0.1) is 0 Å². The van der Waals surface area contributed by atoms with Crippen LogP contribution in [0.25, 0.3) is 17.2 Å². The fraction of sp³-hybridized carbons (Fsp3) is 0.105. The second kappa shape index (κ2) is 8.25. The van der Waals surface area contributed by atoms with Gasteiger partial charge in [-0.05, 0) is 43.3 Å². The van der Waals surface area contributed by atoms with E-state index in [4.69, 9.17) is 14.3 Å². The molecule has 3 N–H and O–H groups in total. The van der Waals surface area contributed by atoms with E-state index >= 15 is 0 Å². The molecule has 29 heavy (non-hydrogen) atoms. The Labute approximate surface area is 166 Å². The molecule has 3 rings (SSSR count). The first-order chi connectivity index (χ1) is 13.7. The molecular weight excluding hydrogens is 398 g/mol. The number of nitrogens with two attached hydrogens (primary N) is 1. The van der Waals surface area contributed by atoms with Crippen LogP contribution in [0.5, 0.6) is 0 Å². The maximum absolute atomic E-state index is 12.1. The van der Waals surface area contributed by atoms with E-state index in [1.54, 1.807) is 18.2 Å². The van der Waals surface area contributed by atoms with Crippen LogP contribution in [0.2, 0.25) is 0 Å². The summed E-state index contributed by atoms with van der Waals surface area (Å²) >= 11 is 0. The number of nitrogens with one attached hydrogen (secondary N) is 1. The van der Waals surface area contributed by atoms with Crippen molar-refractivity contribution in [2.75, 3.05) is 5.32 Å². The summed E-state index contributed by atoms with van der Waals surface area (Å²) in [6.07, 6.45) is 1.36. The van der Waals surface area contributed by atoms with Gasteiger partial charge in [-0.1, -0.05) is 12.1 Å². The number of ether oxygens (including phenoxy) is 1. The second-order valence-corrected chi connectivity index (χ2v) is 7.55. The number of carbonyl (C=O) groups excluding carboxylic acids is 2. The molecule has 0 radical (unpaired) electrons. The Bertz CT molecular complexity index is 1150. The molecule has 0 fully saturated rings. The van der Waals surface area contributed by atoms with E-state index in [1.807, 2.05) is 6.07 Å². The fourth-order valence-corrected chi connectivity index (χ4v) is 2.85. The molecule has 0 saturated carbocycles. The van der Waals surface area contributed by atoms with E-state index in [2.05, 4.69) is 10.3 Å². The number of rotatable bonds is 6. The van der Waals surface area contributed by atoms with Crippen molar-refractivity contribution in [3.05, 3.63) is 60.5 Å². The summed E-state index contributed by atoms with van der Waals surface area (Å²) in [6.45, 7) is 1.40. The number of anilines is 1. The molecule has 0 unspecified atom stereocenters. The average molecular weight is 415 g/mol. The van der Waals surface area contributed by atoms with Crippen molar-refractivity contribution in [3.8, 4) is 0 Å². The SMILES string of the molecule is C[C@H](OC(=O)/C=C/c1nc2ccccc2o1)C(=O)Nc1ccc(S(N)(=O)=O)cc1. The summed E-state index contributed by atoms with van der Waals surface area (Å²) in [5.41, 5.74) is 1.57. The lowest BCUT2D eigenvalue weighted by Gasteiger charge is -2.12. The number of carbonyl (C=O) groups is 2. The Hall–Kier alpha value is -3.50. The maximum Gasteiger partial charge on any atom is 0.331 e. The zero-order valence-corrected chi connectivity index (χ0v) is 16.0. The van der Waals surface area contributed by atoms with E-state index in [0.717, 1.165) is 6.08 Å². The summed E-state index contributed by atoms with van der Waals surface area (Å²) in [5, 5.41) is 7.52. The molecule has 0 spiro atoms. The monoisotopic (exact) mass is 415 g/mol. The van der Waals surface area contributed by atoms with Crippen molar-refractivity contribution < 1.29 is 27.2 Å². The van der Waals surface area contributed by atoms with Crippen molar-refractivity contribution >= 4 is 44.8 Å². The first-order valence-electron chi connectivity index (χ1n) is 8.40. The van der Waals surface area contributed by atoms with Crippen molar-refractivity contribution in [2.45, 2.75) is 17.9 Å². The topological polar surface area (TPSA) is 142 Å². The third kappa shape index (κ3) is 5.27. The van der Waals surface area contributed by atoms with Crippen molar-refractivity contribution in [3.63, 3.8) is 0 Å². The first kappa shape index (κ1) is 20.2. The van der Waals surface area contributed by atoms with E-state index in [9.17, 15) is 18.0 Å². The zero-order valence-electron chi connectivity index (χ0n) is 15.2. The van der Waals surface area contributed by atoms with Gasteiger partial charge in [-0.2, -0.15) is 0 Å². The summed E-state index contributed by atoms with van der Waals surface area (Å²) in [7, 11) is -3.82. The summed E-state index contributed by atoms with van der Waals surface area (Å²) in [4.78, 5) is 28.2. The fourth-order valence-electron chi connectivity index (χ4n) is 2.34. The molecule has 2 aromatic carbocycles. The molecule has 0 bridgehead atoms. The number of amides is 1. The lowest BCUT2D eigenvalue weighted by molar-refractivity contribution is -0.148. The number of hydrogen-bond donors (Lipinski definition) is 2. The van der Waals surface area contributed by atoms with Crippen molar-refractivity contribution in [2.24, 2.45) is 5.14 Å². The average Bonchev–Trinajstić information content (AvgIpc) is 3.09. The number of esters is 1. The third-order valence-electron chi connectivity index (χ3n) is 3.78. The Morgan fingerprint density at radius 2 is 1.86 bits per heavy atom. The molecule has 1 atom stereocenters. The molecule has 1 aromatic heterocycles. The molecule has 9 nitrogen and oxygen atoms in total. The lowest BCUT2D eigenvalue weighted by atomic mass is 10.3. The Kier molecular flexibility index (Phi) is 5.76. The summed E-state index contributed by atoms with van der Waals surface area (Å²) in [5.74, 6) is -1.10. The molecule has 0 aliphatic heterocycles. The molecule has 3 aromatic rings. The maximum atomic E-state index is 12.1. The smallest absolute Gasteiger partial charge is 0.331 e. The number of nitrogens with zero attached hydrogens (tertiary/aromatic N) is 1. The van der Waals surface area contributed by atoms with Crippen LogP contribution in [0.1, 0.15) is 12.8 Å². The van der Waals surface area contributed by atoms with Gasteiger partial charge in [0.1, 0.15) is 5.52 Å². The molecule has 0 aliphatic rings. The minimum absolute atomic E-state index is 0.0840. The van der Waals surface area contributed by atoms with Gasteiger partial charge in [-0.3, -0.25) is 4.79 Å². The van der Waals surface area contributed by atoms with Gasteiger partial charge >= 0.3 is 5.97 Å². The van der Waals surface area contributed by atoms with E-state index < -0.39 is 28.0 Å². The number of oxazole rings is 1. The van der Waals surface area contributed by atoms with Gasteiger partial charge in [0.25, 0.3) is 5.91 Å². The summed E-state index contributed by atoms with van der Waals surface area (Å²) < 4.78 is 32.9. The number of aromatic nitrogens is 1. The van der Waals surface area contributed by atoms with Gasteiger partial charge in [0.15, 0.2) is 11.7 Å². The zero-order chi connectivity index (χ0) is 21.0. The predicted octanol–water partition coefficient (Wildman–Crippen LogP) is 2.06. The van der Waals surface area contributed by atoms with Crippen LogP contribution in [0, 0.1) is 0 Å². The van der Waals surface area contributed by atoms with Crippen LogP contribution >= 0.6 is 0 Å². The van der Waals surface area contributed by atoms with Gasteiger partial charge in [-0.25, -0.2) is 23.3 Å². The first-order valence-corrected chi connectivity index (χ1v) is 9.95. The molecule has 150 valence electrons. The van der Waals surface area contributed by atoms with Gasteiger partial charge in [0.05, 0.1) is 4.90 Å². The molecular formula is C19H17N3O6S. The Morgan fingerprint density at radius 1 is 1.17 bits per heavy atom. The highest BCUT2D eigenvalue weighted by atomic mass is 32.2. The lowest BCUT2D eigenvalue weighted by Crippen LogP contribution is -2.29. The third-order valence-corrected chi connectivity index (χ3v) is 4.71. The van der Waals surface area contributed by atoms with E-state index in [0.29, 0.717) is 16.8 Å². The highest BCUT2D eigenvalue weighted by Gasteiger charge is 2.17. The van der Waals surface area contributed by atoms with Crippen LogP contribution in [-0.4, -0.2) is 31.4 Å². The number of sulfonamides is 1. The predicted molar refractivity (Wildman–Crippen MR) is 105 cm³/mol. The van der Waals surface area contributed by atoms with Crippen LogP contribution < -0.4 is 10.5 Å². The molecule has 1 heterocycles. The van der Waals surface area contributed by atoms with E-state index in [-0.39, 0.29) is 10.8 Å². The molecule has 0 saturated heterocycles. The van der Waals surface area contributed by atoms with Crippen molar-refractivity contribution in [1.82, 2.24) is 4.98 Å². The molecule has 10 heteroatoms. The minimum atomic E-state index is -3.82. The number of hydrogen-bond acceptors (Lipinski definition) is 7. The number of primary sulfonamides is 1. The minimum Gasteiger partial charge on any atom is -0.449 e. The number of fused-ring (bicyclic) bond motifs is 1. The number of benzene rings is 2. The van der Waals surface area contributed by atoms with Gasteiger partial charge < -0.3 is 14.5 Å². The van der Waals surface area contributed by atoms with Gasteiger partial charge in [0.2, 0.25) is 15.9 Å². The normalized spacial score (nSPS) is 12.8. The van der Waals surface area contributed by atoms with Crippen LogP contribution in [0.4, 0.5) is 5.69 Å². The highest BCUT2D eigenvalue weighted by Crippen LogP contribution is 2.16.